The van der Waals surface area contributed by atoms with Gasteiger partial charge in [0.05, 0.1) is 23.9 Å². The first kappa shape index (κ1) is 13.8. The molecule has 0 saturated carbocycles. The highest BCUT2D eigenvalue weighted by atomic mass is 32.2. The predicted molar refractivity (Wildman–Crippen MR) is 59.0 cm³/mol. The Kier molecular flexibility index (Phi) is 9.19. The molecule has 0 radical (unpaired) electrons. The average Bonchev–Trinajstić information content (AvgIpc) is 2.18. The zero-order valence-corrected chi connectivity index (χ0v) is 9.81. The molecule has 0 rings (SSSR count). The standard InChI is InChI=1S/C10H20O3S/c1-3-5-6-7-10(12)13-14-8-9(11)4-2/h9,11H,3-8H2,1-2H3. The molecule has 0 amide bonds. The minimum atomic E-state index is -0.372. The van der Waals surface area contributed by atoms with Crippen LogP contribution in [0.15, 0.2) is 0 Å². The second-order valence-corrected chi connectivity index (χ2v) is 3.99. The van der Waals surface area contributed by atoms with E-state index in [1.807, 2.05) is 6.92 Å². The molecule has 1 N–H and O–H groups in total. The van der Waals surface area contributed by atoms with E-state index in [2.05, 4.69) is 6.92 Å². The van der Waals surface area contributed by atoms with Gasteiger partial charge in [-0.2, -0.15) is 0 Å². The molecule has 0 heterocycles. The molecule has 0 spiro atoms. The molecule has 1 atom stereocenters. The summed E-state index contributed by atoms with van der Waals surface area (Å²) in [7, 11) is 0. The fraction of sp³-hybridized carbons (Fsp3) is 0.900. The van der Waals surface area contributed by atoms with Gasteiger partial charge in [-0.3, -0.25) is 4.79 Å². The van der Waals surface area contributed by atoms with Gasteiger partial charge in [-0.05, 0) is 12.8 Å². The minimum absolute atomic E-state index is 0.174. The van der Waals surface area contributed by atoms with Gasteiger partial charge in [-0.15, -0.1) is 0 Å². The molecule has 0 aromatic carbocycles. The number of aliphatic hydroxyl groups is 1. The fourth-order valence-corrected chi connectivity index (χ4v) is 1.53. The maximum absolute atomic E-state index is 11.1. The summed E-state index contributed by atoms with van der Waals surface area (Å²) in [5.41, 5.74) is 0. The molecule has 14 heavy (non-hydrogen) atoms. The van der Waals surface area contributed by atoms with Crippen molar-refractivity contribution in [3.63, 3.8) is 0 Å². The Hall–Kier alpha value is -0.220. The van der Waals surface area contributed by atoms with Crippen LogP contribution in [0.2, 0.25) is 0 Å². The molecular weight excluding hydrogens is 200 g/mol. The summed E-state index contributed by atoms with van der Waals surface area (Å²) in [4.78, 5) is 11.1. The molecule has 0 saturated heterocycles. The normalized spacial score (nSPS) is 12.5. The van der Waals surface area contributed by atoms with Gasteiger partial charge in [0.1, 0.15) is 0 Å². The van der Waals surface area contributed by atoms with Gasteiger partial charge >= 0.3 is 5.97 Å². The third kappa shape index (κ3) is 8.38. The molecule has 0 aliphatic heterocycles. The number of rotatable bonds is 8. The summed E-state index contributed by atoms with van der Waals surface area (Å²) in [5.74, 6) is 0.294. The van der Waals surface area contributed by atoms with E-state index < -0.39 is 0 Å². The molecule has 84 valence electrons. The van der Waals surface area contributed by atoms with Crippen molar-refractivity contribution < 1.29 is 14.1 Å². The predicted octanol–water partition coefficient (Wildman–Crippen LogP) is 2.53. The number of carbonyl (C=O) groups is 1. The topological polar surface area (TPSA) is 46.5 Å². The van der Waals surface area contributed by atoms with Crippen molar-refractivity contribution in [2.75, 3.05) is 5.75 Å². The lowest BCUT2D eigenvalue weighted by Gasteiger charge is -2.06. The summed E-state index contributed by atoms with van der Waals surface area (Å²) >= 11 is 1.05. The maximum Gasteiger partial charge on any atom is 0.317 e. The van der Waals surface area contributed by atoms with Crippen molar-refractivity contribution in [3.05, 3.63) is 0 Å². The molecule has 0 bridgehead atoms. The fourth-order valence-electron chi connectivity index (χ4n) is 0.857. The molecule has 0 aromatic rings. The molecule has 3 nitrogen and oxygen atoms in total. The lowest BCUT2D eigenvalue weighted by Crippen LogP contribution is -2.09. The second-order valence-electron chi connectivity index (χ2n) is 3.26. The van der Waals surface area contributed by atoms with Crippen molar-refractivity contribution >= 4 is 18.0 Å². The van der Waals surface area contributed by atoms with Gasteiger partial charge in [0, 0.05) is 6.42 Å². The van der Waals surface area contributed by atoms with Gasteiger partial charge in [-0.1, -0.05) is 26.7 Å². The summed E-state index contributed by atoms with van der Waals surface area (Å²) < 4.78 is 4.88. The maximum atomic E-state index is 11.1. The summed E-state index contributed by atoms with van der Waals surface area (Å²) in [6, 6.07) is 0. The Bertz CT molecular complexity index is 150. The zero-order valence-electron chi connectivity index (χ0n) is 8.99. The number of carbonyl (C=O) groups excluding carboxylic acids is 1. The van der Waals surface area contributed by atoms with Crippen LogP contribution in [0.3, 0.4) is 0 Å². The van der Waals surface area contributed by atoms with Gasteiger partial charge in [0.25, 0.3) is 0 Å². The Morgan fingerprint density at radius 3 is 2.71 bits per heavy atom. The zero-order chi connectivity index (χ0) is 10.8. The van der Waals surface area contributed by atoms with Crippen molar-refractivity contribution in [2.24, 2.45) is 0 Å². The first-order valence-corrected chi connectivity index (χ1v) is 6.12. The molecule has 1 unspecified atom stereocenters. The van der Waals surface area contributed by atoms with Crippen molar-refractivity contribution in [1.82, 2.24) is 0 Å². The summed E-state index contributed by atoms with van der Waals surface area (Å²) in [6.45, 7) is 3.99. The monoisotopic (exact) mass is 220 g/mol. The van der Waals surface area contributed by atoms with Crippen molar-refractivity contribution in [1.29, 1.82) is 0 Å². The lowest BCUT2D eigenvalue weighted by atomic mass is 10.2. The number of hydrogen-bond donors (Lipinski definition) is 1. The number of aliphatic hydroxyl groups excluding tert-OH is 1. The third-order valence-corrected chi connectivity index (χ3v) is 2.69. The SMILES string of the molecule is CCCCCC(=O)OSCC(O)CC. The van der Waals surface area contributed by atoms with Crippen LogP contribution < -0.4 is 0 Å². The second kappa shape index (κ2) is 9.34. The smallest absolute Gasteiger partial charge is 0.317 e. The molecule has 4 heteroatoms. The van der Waals surface area contributed by atoms with Crippen LogP contribution in [0.25, 0.3) is 0 Å². The number of hydrogen-bond acceptors (Lipinski definition) is 4. The largest absolute Gasteiger partial charge is 0.392 e. The van der Waals surface area contributed by atoms with E-state index in [9.17, 15) is 9.90 Å². The Morgan fingerprint density at radius 1 is 1.43 bits per heavy atom. The molecule has 0 aliphatic rings. The van der Waals surface area contributed by atoms with E-state index in [4.69, 9.17) is 4.18 Å². The third-order valence-electron chi connectivity index (χ3n) is 1.87. The van der Waals surface area contributed by atoms with Gasteiger partial charge in [-0.25, -0.2) is 0 Å². The highest BCUT2D eigenvalue weighted by Gasteiger charge is 2.06. The molecule has 0 aromatic heterocycles. The van der Waals surface area contributed by atoms with Gasteiger partial charge in [0.15, 0.2) is 0 Å². The van der Waals surface area contributed by atoms with E-state index in [1.165, 1.54) is 0 Å². The molecular formula is C10H20O3S. The van der Waals surface area contributed by atoms with Crippen molar-refractivity contribution in [2.45, 2.75) is 52.1 Å². The van der Waals surface area contributed by atoms with E-state index >= 15 is 0 Å². The highest BCUT2D eigenvalue weighted by Crippen LogP contribution is 2.10. The van der Waals surface area contributed by atoms with Crippen LogP contribution in [0, 0.1) is 0 Å². The first-order chi connectivity index (χ1) is 6.70. The van der Waals surface area contributed by atoms with Crippen LogP contribution in [0.1, 0.15) is 46.0 Å². The van der Waals surface area contributed by atoms with E-state index in [-0.39, 0.29) is 12.1 Å². The first-order valence-electron chi connectivity index (χ1n) is 5.21. The number of unbranched alkanes of at least 4 members (excludes halogenated alkanes) is 2. The summed E-state index contributed by atoms with van der Waals surface area (Å²) in [6.07, 6.45) is 3.88. The average molecular weight is 220 g/mol. The van der Waals surface area contributed by atoms with E-state index in [1.54, 1.807) is 0 Å². The lowest BCUT2D eigenvalue weighted by molar-refractivity contribution is -0.133. The quantitative estimate of drug-likeness (QED) is 0.504. The van der Waals surface area contributed by atoms with E-state index in [0.717, 1.165) is 31.3 Å². The Morgan fingerprint density at radius 2 is 2.14 bits per heavy atom. The van der Waals surface area contributed by atoms with Crippen LogP contribution in [-0.4, -0.2) is 22.9 Å². The van der Waals surface area contributed by atoms with Crippen LogP contribution in [0.5, 0.6) is 0 Å². The van der Waals surface area contributed by atoms with E-state index in [0.29, 0.717) is 18.6 Å². The molecule has 0 aliphatic carbocycles. The summed E-state index contributed by atoms with van der Waals surface area (Å²) in [5, 5.41) is 9.17. The minimum Gasteiger partial charge on any atom is -0.392 e. The Balaban J connectivity index is 3.26. The van der Waals surface area contributed by atoms with Crippen LogP contribution >= 0.6 is 12.0 Å². The molecule has 0 fully saturated rings. The Labute approximate surface area is 90.4 Å². The van der Waals surface area contributed by atoms with Crippen molar-refractivity contribution in [3.8, 4) is 0 Å². The highest BCUT2D eigenvalue weighted by molar-refractivity contribution is 7.95. The van der Waals surface area contributed by atoms with Crippen LogP contribution in [0.4, 0.5) is 0 Å². The van der Waals surface area contributed by atoms with Gasteiger partial charge < -0.3 is 9.29 Å². The van der Waals surface area contributed by atoms with Crippen LogP contribution in [-0.2, 0) is 8.98 Å². The van der Waals surface area contributed by atoms with Gasteiger partial charge in [0.2, 0.25) is 0 Å².